The van der Waals surface area contributed by atoms with Gasteiger partial charge in [0.05, 0.1) is 6.54 Å². The third-order valence-electron chi connectivity index (χ3n) is 3.82. The van der Waals surface area contributed by atoms with Crippen LogP contribution in [-0.2, 0) is 14.3 Å². The van der Waals surface area contributed by atoms with Crippen molar-refractivity contribution in [3.63, 3.8) is 0 Å². The van der Waals surface area contributed by atoms with E-state index in [9.17, 15) is 9.59 Å². The van der Waals surface area contributed by atoms with E-state index in [1.807, 2.05) is 6.92 Å². The predicted octanol–water partition coefficient (Wildman–Crippen LogP) is 0.150. The number of amides is 2. The SMILES string of the molecule is COCCCN1C(=O)CNC(=O)C1(C)C1CC1. The monoisotopic (exact) mass is 240 g/mol. The van der Waals surface area contributed by atoms with E-state index in [1.165, 1.54) is 0 Å². The molecule has 1 aliphatic carbocycles. The zero-order valence-corrected chi connectivity index (χ0v) is 10.5. The first kappa shape index (κ1) is 12.4. The van der Waals surface area contributed by atoms with Gasteiger partial charge in [-0.1, -0.05) is 0 Å². The van der Waals surface area contributed by atoms with Crippen LogP contribution in [-0.4, -0.2) is 49.1 Å². The lowest BCUT2D eigenvalue weighted by atomic mass is 9.89. The van der Waals surface area contributed by atoms with Gasteiger partial charge in [0.15, 0.2) is 0 Å². The highest BCUT2D eigenvalue weighted by atomic mass is 16.5. The molecule has 1 heterocycles. The van der Waals surface area contributed by atoms with Gasteiger partial charge in [-0.2, -0.15) is 0 Å². The number of hydrogen-bond donors (Lipinski definition) is 1. The standard InChI is InChI=1S/C12H20N2O3/c1-12(9-4-5-9)11(16)13-8-10(15)14(12)6-3-7-17-2/h9H,3-8H2,1-2H3,(H,13,16). The van der Waals surface area contributed by atoms with E-state index < -0.39 is 5.54 Å². The Morgan fingerprint density at radius 2 is 2.18 bits per heavy atom. The Balaban J connectivity index is 2.10. The summed E-state index contributed by atoms with van der Waals surface area (Å²) in [5.74, 6) is 0.349. The largest absolute Gasteiger partial charge is 0.385 e. The van der Waals surface area contributed by atoms with E-state index in [0.29, 0.717) is 19.1 Å². The summed E-state index contributed by atoms with van der Waals surface area (Å²) >= 11 is 0. The Kier molecular flexibility index (Phi) is 3.38. The maximum absolute atomic E-state index is 12.0. The summed E-state index contributed by atoms with van der Waals surface area (Å²) in [5, 5.41) is 2.70. The normalized spacial score (nSPS) is 29.4. The summed E-state index contributed by atoms with van der Waals surface area (Å²) in [7, 11) is 1.64. The fourth-order valence-electron chi connectivity index (χ4n) is 2.59. The van der Waals surface area contributed by atoms with Crippen LogP contribution in [0.2, 0.25) is 0 Å². The maximum atomic E-state index is 12.0. The van der Waals surface area contributed by atoms with Gasteiger partial charge in [-0.3, -0.25) is 9.59 Å². The molecule has 0 bridgehead atoms. The summed E-state index contributed by atoms with van der Waals surface area (Å²) < 4.78 is 5.00. The third kappa shape index (κ3) is 2.16. The Morgan fingerprint density at radius 1 is 1.47 bits per heavy atom. The highest BCUT2D eigenvalue weighted by Crippen LogP contribution is 2.44. The predicted molar refractivity (Wildman–Crippen MR) is 62.3 cm³/mol. The van der Waals surface area contributed by atoms with Crippen molar-refractivity contribution < 1.29 is 14.3 Å². The molecule has 0 aromatic carbocycles. The zero-order valence-electron chi connectivity index (χ0n) is 10.5. The maximum Gasteiger partial charge on any atom is 0.246 e. The van der Waals surface area contributed by atoms with Gasteiger partial charge in [0.25, 0.3) is 0 Å². The summed E-state index contributed by atoms with van der Waals surface area (Å²) in [6, 6.07) is 0. The fourth-order valence-corrected chi connectivity index (χ4v) is 2.59. The lowest BCUT2D eigenvalue weighted by molar-refractivity contribution is -0.154. The molecule has 1 atom stereocenters. The van der Waals surface area contributed by atoms with Gasteiger partial charge in [0.2, 0.25) is 11.8 Å². The van der Waals surface area contributed by atoms with Crippen LogP contribution in [0.25, 0.3) is 0 Å². The van der Waals surface area contributed by atoms with E-state index in [2.05, 4.69) is 5.32 Å². The molecule has 5 heteroatoms. The average Bonchev–Trinajstić information content (AvgIpc) is 3.13. The third-order valence-corrected chi connectivity index (χ3v) is 3.82. The molecule has 1 unspecified atom stereocenters. The van der Waals surface area contributed by atoms with Gasteiger partial charge in [-0.05, 0) is 32.1 Å². The fraction of sp³-hybridized carbons (Fsp3) is 0.833. The number of piperazine rings is 1. The van der Waals surface area contributed by atoms with Crippen LogP contribution in [0.3, 0.4) is 0 Å². The van der Waals surface area contributed by atoms with Gasteiger partial charge < -0.3 is 15.0 Å². The molecule has 0 aromatic rings. The molecule has 0 spiro atoms. The number of hydrogen-bond acceptors (Lipinski definition) is 3. The van der Waals surface area contributed by atoms with Gasteiger partial charge in [-0.25, -0.2) is 0 Å². The van der Waals surface area contributed by atoms with Gasteiger partial charge in [-0.15, -0.1) is 0 Å². The van der Waals surface area contributed by atoms with Crippen LogP contribution in [0, 0.1) is 5.92 Å². The lowest BCUT2D eigenvalue weighted by Crippen LogP contribution is -2.67. The summed E-state index contributed by atoms with van der Waals surface area (Å²) in [4.78, 5) is 25.8. The lowest BCUT2D eigenvalue weighted by Gasteiger charge is -2.44. The molecular weight excluding hydrogens is 220 g/mol. The van der Waals surface area contributed by atoms with Crippen molar-refractivity contribution in [3.05, 3.63) is 0 Å². The van der Waals surface area contributed by atoms with Crippen molar-refractivity contribution in [2.24, 2.45) is 5.92 Å². The first-order valence-corrected chi connectivity index (χ1v) is 6.18. The second kappa shape index (κ2) is 4.64. The molecule has 1 saturated carbocycles. The van der Waals surface area contributed by atoms with Crippen molar-refractivity contribution in [1.29, 1.82) is 0 Å². The van der Waals surface area contributed by atoms with Crippen LogP contribution in [0.1, 0.15) is 26.2 Å². The molecule has 96 valence electrons. The van der Waals surface area contributed by atoms with Crippen molar-refractivity contribution in [1.82, 2.24) is 10.2 Å². The van der Waals surface area contributed by atoms with Crippen LogP contribution < -0.4 is 5.32 Å². The van der Waals surface area contributed by atoms with E-state index >= 15 is 0 Å². The quantitative estimate of drug-likeness (QED) is 0.696. The van der Waals surface area contributed by atoms with Crippen molar-refractivity contribution >= 4 is 11.8 Å². The second-order valence-corrected chi connectivity index (χ2v) is 5.00. The van der Waals surface area contributed by atoms with Crippen LogP contribution in [0.15, 0.2) is 0 Å². The average molecular weight is 240 g/mol. The van der Waals surface area contributed by atoms with E-state index in [4.69, 9.17) is 4.74 Å². The second-order valence-electron chi connectivity index (χ2n) is 5.00. The molecule has 1 saturated heterocycles. The molecule has 2 aliphatic rings. The molecule has 2 amide bonds. The van der Waals surface area contributed by atoms with E-state index in [1.54, 1.807) is 12.0 Å². The number of rotatable bonds is 5. The summed E-state index contributed by atoms with van der Waals surface area (Å²) in [5.41, 5.74) is -0.636. The number of ether oxygens (including phenoxy) is 1. The highest BCUT2D eigenvalue weighted by Gasteiger charge is 2.54. The molecule has 1 aliphatic heterocycles. The molecule has 1 N–H and O–H groups in total. The Morgan fingerprint density at radius 3 is 2.76 bits per heavy atom. The molecule has 5 nitrogen and oxygen atoms in total. The van der Waals surface area contributed by atoms with Crippen LogP contribution in [0.5, 0.6) is 0 Å². The Labute approximate surface area is 101 Å². The van der Waals surface area contributed by atoms with Crippen molar-refractivity contribution in [2.75, 3.05) is 26.8 Å². The van der Waals surface area contributed by atoms with Crippen LogP contribution in [0.4, 0.5) is 0 Å². The van der Waals surface area contributed by atoms with Gasteiger partial charge in [0, 0.05) is 20.3 Å². The van der Waals surface area contributed by atoms with E-state index in [-0.39, 0.29) is 18.4 Å². The number of methoxy groups -OCH3 is 1. The molecular formula is C12H20N2O3. The minimum absolute atomic E-state index is 0.00276. The number of nitrogens with one attached hydrogen (secondary N) is 1. The Hall–Kier alpha value is -1.10. The minimum Gasteiger partial charge on any atom is -0.385 e. The van der Waals surface area contributed by atoms with Crippen molar-refractivity contribution in [2.45, 2.75) is 31.7 Å². The number of carbonyl (C=O) groups is 2. The molecule has 2 rings (SSSR count). The minimum atomic E-state index is -0.636. The topological polar surface area (TPSA) is 58.6 Å². The first-order chi connectivity index (χ1) is 8.10. The highest BCUT2D eigenvalue weighted by molar-refractivity contribution is 5.98. The molecule has 0 radical (unpaired) electrons. The molecule has 2 fully saturated rings. The van der Waals surface area contributed by atoms with E-state index in [0.717, 1.165) is 19.3 Å². The summed E-state index contributed by atoms with van der Waals surface area (Å²) in [6.45, 7) is 3.25. The van der Waals surface area contributed by atoms with Crippen LogP contribution >= 0.6 is 0 Å². The first-order valence-electron chi connectivity index (χ1n) is 6.18. The van der Waals surface area contributed by atoms with Crippen molar-refractivity contribution in [3.8, 4) is 0 Å². The smallest absolute Gasteiger partial charge is 0.246 e. The zero-order chi connectivity index (χ0) is 12.5. The number of nitrogens with zero attached hydrogens (tertiary/aromatic N) is 1. The molecule has 17 heavy (non-hydrogen) atoms. The summed E-state index contributed by atoms with van der Waals surface area (Å²) in [6.07, 6.45) is 2.85. The van der Waals surface area contributed by atoms with Gasteiger partial charge >= 0.3 is 0 Å². The Bertz CT molecular complexity index is 328. The number of carbonyl (C=O) groups excluding carboxylic acids is 2. The van der Waals surface area contributed by atoms with Gasteiger partial charge in [0.1, 0.15) is 5.54 Å². The molecule has 0 aromatic heterocycles.